The maximum absolute atomic E-state index is 11.7. The Balaban J connectivity index is 1.74. The van der Waals surface area contributed by atoms with Gasteiger partial charge >= 0.3 is 0 Å². The van der Waals surface area contributed by atoms with Crippen molar-refractivity contribution in [1.82, 2.24) is 15.5 Å². The van der Waals surface area contributed by atoms with E-state index in [2.05, 4.69) is 15.5 Å². The average Bonchev–Trinajstić information content (AvgIpc) is 2.39. The van der Waals surface area contributed by atoms with E-state index in [1.54, 1.807) is 6.07 Å². The summed E-state index contributed by atoms with van der Waals surface area (Å²) >= 11 is 0. The van der Waals surface area contributed by atoms with E-state index in [4.69, 9.17) is 4.74 Å². The maximum Gasteiger partial charge on any atom is 0.264 e. The third kappa shape index (κ3) is 3.96. The fraction of sp³-hybridized carbons (Fsp3) is 0.583. The molecule has 1 aliphatic heterocycles. The zero-order chi connectivity index (χ0) is 12.8. The number of carbonyl (C=O) groups is 1. The van der Waals surface area contributed by atoms with E-state index in [0.29, 0.717) is 26.1 Å². The number of nitrogens with one attached hydrogen (secondary N) is 2. The number of carbonyl (C=O) groups excluding carboxylic acids is 1. The standard InChI is InChI=1S/C12H17N3O3/c16-11(13-9-5-7-18-8-6-9)3-1-10-2-4-12(17)15-14-10/h2,4,9H,1,3,5-8H2,(H,13,16)(H,15,17). The fourth-order valence-electron chi connectivity index (χ4n) is 1.90. The molecule has 98 valence electrons. The summed E-state index contributed by atoms with van der Waals surface area (Å²) in [5.74, 6) is 0.0231. The van der Waals surface area contributed by atoms with Crippen LogP contribution in [0, 0.1) is 0 Å². The zero-order valence-electron chi connectivity index (χ0n) is 10.1. The predicted molar refractivity (Wildman–Crippen MR) is 65.2 cm³/mol. The SMILES string of the molecule is O=C(CCc1ccc(=O)[nH]n1)NC1CCOCC1. The van der Waals surface area contributed by atoms with Gasteiger partial charge in [0, 0.05) is 38.2 Å². The van der Waals surface area contributed by atoms with Gasteiger partial charge in [0.1, 0.15) is 0 Å². The van der Waals surface area contributed by atoms with Gasteiger partial charge in [-0.25, -0.2) is 5.10 Å². The van der Waals surface area contributed by atoms with Crippen LogP contribution in [0.5, 0.6) is 0 Å². The van der Waals surface area contributed by atoms with E-state index in [1.165, 1.54) is 6.07 Å². The van der Waals surface area contributed by atoms with Gasteiger partial charge < -0.3 is 10.1 Å². The Bertz CT molecular complexity index is 432. The number of aromatic amines is 1. The van der Waals surface area contributed by atoms with E-state index >= 15 is 0 Å². The second-order valence-electron chi connectivity index (χ2n) is 4.37. The highest BCUT2D eigenvalue weighted by molar-refractivity contribution is 5.76. The Hall–Kier alpha value is -1.69. The first-order valence-corrected chi connectivity index (χ1v) is 6.16. The van der Waals surface area contributed by atoms with E-state index < -0.39 is 0 Å². The van der Waals surface area contributed by atoms with Crippen LogP contribution in [0.3, 0.4) is 0 Å². The molecule has 0 aromatic carbocycles. The monoisotopic (exact) mass is 251 g/mol. The predicted octanol–water partition coefficient (Wildman–Crippen LogP) is -0.00230. The minimum atomic E-state index is -0.231. The number of rotatable bonds is 4. The summed E-state index contributed by atoms with van der Waals surface area (Å²) in [4.78, 5) is 22.5. The highest BCUT2D eigenvalue weighted by Gasteiger charge is 2.15. The van der Waals surface area contributed by atoms with Crippen LogP contribution in [-0.2, 0) is 16.0 Å². The van der Waals surface area contributed by atoms with E-state index in [0.717, 1.165) is 18.5 Å². The van der Waals surface area contributed by atoms with Crippen molar-refractivity contribution in [2.45, 2.75) is 31.7 Å². The second kappa shape index (κ2) is 6.30. The number of ether oxygens (including phenoxy) is 1. The molecule has 0 atom stereocenters. The first kappa shape index (κ1) is 12.8. The lowest BCUT2D eigenvalue weighted by Crippen LogP contribution is -2.39. The summed E-state index contributed by atoms with van der Waals surface area (Å²) in [6, 6.07) is 3.29. The van der Waals surface area contributed by atoms with E-state index in [9.17, 15) is 9.59 Å². The Morgan fingerprint density at radius 3 is 2.89 bits per heavy atom. The van der Waals surface area contributed by atoms with Crippen LogP contribution in [0.15, 0.2) is 16.9 Å². The number of H-pyrrole nitrogens is 1. The summed E-state index contributed by atoms with van der Waals surface area (Å²) in [7, 11) is 0. The molecule has 1 aliphatic rings. The molecule has 1 saturated heterocycles. The van der Waals surface area contributed by atoms with Crippen molar-refractivity contribution in [3.05, 3.63) is 28.2 Å². The maximum atomic E-state index is 11.7. The molecule has 6 nitrogen and oxygen atoms in total. The number of hydrogen-bond acceptors (Lipinski definition) is 4. The first-order valence-electron chi connectivity index (χ1n) is 6.16. The molecule has 0 aliphatic carbocycles. The third-order valence-corrected chi connectivity index (χ3v) is 2.93. The molecule has 2 heterocycles. The summed E-state index contributed by atoms with van der Waals surface area (Å²) in [5.41, 5.74) is 0.488. The van der Waals surface area contributed by atoms with Gasteiger partial charge in [-0.2, -0.15) is 5.10 Å². The molecule has 2 N–H and O–H groups in total. The first-order chi connectivity index (χ1) is 8.74. The minimum absolute atomic E-state index is 0.0231. The van der Waals surface area contributed by atoms with Gasteiger partial charge in [-0.05, 0) is 18.9 Å². The molecule has 2 rings (SSSR count). The Morgan fingerprint density at radius 1 is 1.44 bits per heavy atom. The zero-order valence-corrected chi connectivity index (χ0v) is 10.1. The van der Waals surface area contributed by atoms with Crippen molar-refractivity contribution in [3.8, 4) is 0 Å². The van der Waals surface area contributed by atoms with Crippen LogP contribution >= 0.6 is 0 Å². The van der Waals surface area contributed by atoms with Gasteiger partial charge in [-0.3, -0.25) is 9.59 Å². The molecular weight excluding hydrogens is 234 g/mol. The van der Waals surface area contributed by atoms with Crippen LogP contribution in [-0.4, -0.2) is 35.4 Å². The molecule has 1 fully saturated rings. The fourth-order valence-corrected chi connectivity index (χ4v) is 1.90. The topological polar surface area (TPSA) is 84.1 Å². The molecule has 0 spiro atoms. The van der Waals surface area contributed by atoms with Crippen LogP contribution in [0.4, 0.5) is 0 Å². The van der Waals surface area contributed by atoms with Crippen molar-refractivity contribution in [3.63, 3.8) is 0 Å². The van der Waals surface area contributed by atoms with Gasteiger partial charge in [0.2, 0.25) is 5.91 Å². The van der Waals surface area contributed by atoms with Gasteiger partial charge in [0.15, 0.2) is 0 Å². The van der Waals surface area contributed by atoms with E-state index in [-0.39, 0.29) is 17.5 Å². The van der Waals surface area contributed by atoms with Crippen molar-refractivity contribution < 1.29 is 9.53 Å². The van der Waals surface area contributed by atoms with Crippen LogP contribution in [0.25, 0.3) is 0 Å². The summed E-state index contributed by atoms with van der Waals surface area (Å²) in [5, 5.41) is 9.19. The smallest absolute Gasteiger partial charge is 0.264 e. The average molecular weight is 251 g/mol. The number of hydrogen-bond donors (Lipinski definition) is 2. The van der Waals surface area contributed by atoms with Gasteiger partial charge in [0.25, 0.3) is 5.56 Å². The van der Waals surface area contributed by atoms with Crippen molar-refractivity contribution in [2.75, 3.05) is 13.2 Å². The molecule has 1 aromatic rings. The number of aryl methyl sites for hydroxylation is 1. The molecule has 18 heavy (non-hydrogen) atoms. The Morgan fingerprint density at radius 2 is 2.22 bits per heavy atom. The number of aromatic nitrogens is 2. The summed E-state index contributed by atoms with van der Waals surface area (Å²) in [6.45, 7) is 1.43. The number of amides is 1. The molecule has 0 bridgehead atoms. The normalized spacial score (nSPS) is 16.4. The Labute approximate surface area is 105 Å². The highest BCUT2D eigenvalue weighted by atomic mass is 16.5. The molecule has 6 heteroatoms. The van der Waals surface area contributed by atoms with Gasteiger partial charge in [-0.15, -0.1) is 0 Å². The minimum Gasteiger partial charge on any atom is -0.381 e. The molecule has 0 radical (unpaired) electrons. The highest BCUT2D eigenvalue weighted by Crippen LogP contribution is 2.06. The number of nitrogens with zero attached hydrogens (tertiary/aromatic N) is 1. The summed E-state index contributed by atoms with van der Waals surface area (Å²) in [6.07, 6.45) is 2.67. The van der Waals surface area contributed by atoms with Crippen LogP contribution in [0.1, 0.15) is 25.0 Å². The lowest BCUT2D eigenvalue weighted by atomic mass is 10.1. The van der Waals surface area contributed by atoms with Crippen LogP contribution < -0.4 is 10.9 Å². The van der Waals surface area contributed by atoms with E-state index in [1.807, 2.05) is 0 Å². The van der Waals surface area contributed by atoms with Gasteiger partial charge in [0.05, 0.1) is 5.69 Å². The van der Waals surface area contributed by atoms with Crippen LogP contribution in [0.2, 0.25) is 0 Å². The quantitative estimate of drug-likeness (QED) is 0.788. The molecule has 0 saturated carbocycles. The summed E-state index contributed by atoms with van der Waals surface area (Å²) < 4.78 is 5.23. The molecule has 1 aromatic heterocycles. The van der Waals surface area contributed by atoms with Gasteiger partial charge in [-0.1, -0.05) is 0 Å². The molecule has 0 unspecified atom stereocenters. The molecule has 1 amide bonds. The van der Waals surface area contributed by atoms with Crippen molar-refractivity contribution >= 4 is 5.91 Å². The lowest BCUT2D eigenvalue weighted by Gasteiger charge is -2.23. The molecular formula is C12H17N3O3. The second-order valence-corrected chi connectivity index (χ2v) is 4.37. The Kier molecular flexibility index (Phi) is 4.46. The largest absolute Gasteiger partial charge is 0.381 e. The van der Waals surface area contributed by atoms with Crippen molar-refractivity contribution in [1.29, 1.82) is 0 Å². The van der Waals surface area contributed by atoms with Crippen molar-refractivity contribution in [2.24, 2.45) is 0 Å². The third-order valence-electron chi connectivity index (χ3n) is 2.93. The lowest BCUT2D eigenvalue weighted by molar-refractivity contribution is -0.122.